The maximum atomic E-state index is 13.8. The van der Waals surface area contributed by atoms with Crippen LogP contribution in [-0.4, -0.2) is 28.8 Å². The number of carbonyl (C=O) groups is 2. The van der Waals surface area contributed by atoms with Crippen molar-refractivity contribution < 1.29 is 14.0 Å². The van der Waals surface area contributed by atoms with Gasteiger partial charge in [0.1, 0.15) is 11.9 Å². The van der Waals surface area contributed by atoms with E-state index in [1.54, 1.807) is 17.0 Å². The highest BCUT2D eigenvalue weighted by Gasteiger charge is 2.31. The Bertz CT molecular complexity index is 1130. The molecule has 3 aromatic rings. The van der Waals surface area contributed by atoms with Crippen molar-refractivity contribution in [1.82, 2.24) is 10.2 Å². The van der Waals surface area contributed by atoms with Crippen molar-refractivity contribution in [2.24, 2.45) is 0 Å². The molecule has 4 nitrogen and oxygen atoms in total. The molecule has 35 heavy (non-hydrogen) atoms. The molecule has 3 aromatic carbocycles. The number of nitrogens with one attached hydrogen (secondary N) is 1. The lowest BCUT2D eigenvalue weighted by molar-refractivity contribution is -0.141. The van der Waals surface area contributed by atoms with E-state index in [1.807, 2.05) is 76.2 Å². The Morgan fingerprint density at radius 3 is 2.29 bits per heavy atom. The van der Waals surface area contributed by atoms with Crippen molar-refractivity contribution in [3.8, 4) is 0 Å². The molecule has 2 amide bonds. The second kappa shape index (κ2) is 12.3. The molecule has 0 heterocycles. The first kappa shape index (κ1) is 26.1. The minimum atomic E-state index is -0.700. The lowest BCUT2D eigenvalue weighted by Crippen LogP contribution is -2.52. The average Bonchev–Trinajstić information content (AvgIpc) is 2.85. The topological polar surface area (TPSA) is 49.4 Å². The molecule has 5 heteroatoms. The highest BCUT2D eigenvalue weighted by molar-refractivity contribution is 5.89. The molecule has 0 spiro atoms. The molecule has 0 saturated carbocycles. The van der Waals surface area contributed by atoms with Crippen LogP contribution in [0.1, 0.15) is 48.1 Å². The van der Waals surface area contributed by atoms with Crippen molar-refractivity contribution in [2.75, 3.05) is 0 Å². The van der Waals surface area contributed by atoms with Gasteiger partial charge in [-0.2, -0.15) is 0 Å². The van der Waals surface area contributed by atoms with Gasteiger partial charge in [-0.1, -0.05) is 73.2 Å². The predicted octanol–water partition coefficient (Wildman–Crippen LogP) is 5.54. The number of benzene rings is 3. The van der Waals surface area contributed by atoms with E-state index in [1.165, 1.54) is 12.1 Å². The lowest BCUT2D eigenvalue weighted by atomic mass is 9.99. The van der Waals surface area contributed by atoms with E-state index in [4.69, 9.17) is 0 Å². The van der Waals surface area contributed by atoms with Crippen LogP contribution in [0.4, 0.5) is 4.39 Å². The maximum absolute atomic E-state index is 13.8. The minimum absolute atomic E-state index is 0.0115. The molecule has 1 N–H and O–H groups in total. The summed E-state index contributed by atoms with van der Waals surface area (Å²) in [6.07, 6.45) is 1.37. The molecule has 3 rings (SSSR count). The third-order valence-corrected chi connectivity index (χ3v) is 6.38. The summed E-state index contributed by atoms with van der Waals surface area (Å²) in [4.78, 5) is 29.0. The van der Waals surface area contributed by atoms with Crippen LogP contribution in [0.5, 0.6) is 0 Å². The van der Waals surface area contributed by atoms with Gasteiger partial charge in [-0.15, -0.1) is 0 Å². The molecule has 0 aliphatic rings. The smallest absolute Gasteiger partial charge is 0.243 e. The van der Waals surface area contributed by atoms with E-state index in [0.717, 1.165) is 34.2 Å². The number of amides is 2. The van der Waals surface area contributed by atoms with Gasteiger partial charge in [-0.25, -0.2) is 4.39 Å². The average molecular weight is 475 g/mol. The third kappa shape index (κ3) is 7.51. The predicted molar refractivity (Wildman–Crippen MR) is 138 cm³/mol. The number of halogens is 1. The molecule has 2 atom stereocenters. The first-order valence-electron chi connectivity index (χ1n) is 12.2. The summed E-state index contributed by atoms with van der Waals surface area (Å²) in [5.41, 5.74) is 4.81. The number of aryl methyl sites for hydroxylation is 2. The Labute approximate surface area is 208 Å². The first-order chi connectivity index (χ1) is 16.8. The van der Waals surface area contributed by atoms with Crippen LogP contribution in [0.2, 0.25) is 0 Å². The summed E-state index contributed by atoms with van der Waals surface area (Å²) in [5.74, 6) is -0.653. The normalized spacial score (nSPS) is 12.6. The Balaban J connectivity index is 1.99. The number of carbonyl (C=O) groups excluding carboxylic acids is 2. The van der Waals surface area contributed by atoms with Gasteiger partial charge in [0.25, 0.3) is 0 Å². The molecule has 0 aliphatic heterocycles. The van der Waals surface area contributed by atoms with Gasteiger partial charge in [0, 0.05) is 19.0 Å². The number of hydrogen-bond acceptors (Lipinski definition) is 2. The monoisotopic (exact) mass is 474 g/mol. The molecule has 184 valence electrons. The van der Waals surface area contributed by atoms with Crippen molar-refractivity contribution in [2.45, 2.75) is 65.6 Å². The summed E-state index contributed by atoms with van der Waals surface area (Å²) < 4.78 is 13.6. The fourth-order valence-corrected chi connectivity index (χ4v) is 4.04. The number of hydrogen-bond donors (Lipinski definition) is 1. The van der Waals surface area contributed by atoms with Gasteiger partial charge >= 0.3 is 0 Å². The van der Waals surface area contributed by atoms with Crippen LogP contribution in [0.15, 0.2) is 72.8 Å². The Morgan fingerprint density at radius 2 is 1.63 bits per heavy atom. The maximum Gasteiger partial charge on any atom is 0.243 e. The minimum Gasteiger partial charge on any atom is -0.352 e. The molecular weight excluding hydrogens is 439 g/mol. The fraction of sp³-hybridized carbons (Fsp3) is 0.333. The standard InChI is InChI=1S/C30H35FN2O2/c1-5-23(4)32-30(35)28(18-24-9-7-6-8-10-24)33(20-25-13-15-27(31)16-14-25)29(34)19-26-17-21(2)11-12-22(26)3/h6-17,23,28H,5,18-20H2,1-4H3,(H,32,35)/t23-,28-/m0/s1. The fourth-order valence-electron chi connectivity index (χ4n) is 4.04. The quantitative estimate of drug-likeness (QED) is 0.419. The molecule has 0 bridgehead atoms. The van der Waals surface area contributed by atoms with E-state index < -0.39 is 6.04 Å². The molecule has 0 saturated heterocycles. The second-order valence-corrected chi connectivity index (χ2v) is 9.28. The number of nitrogens with zero attached hydrogens (tertiary/aromatic N) is 1. The van der Waals surface area contributed by atoms with Crippen LogP contribution in [0.25, 0.3) is 0 Å². The molecule has 0 unspecified atom stereocenters. The van der Waals surface area contributed by atoms with Crippen LogP contribution in [0, 0.1) is 19.7 Å². The van der Waals surface area contributed by atoms with Crippen molar-refractivity contribution in [1.29, 1.82) is 0 Å². The highest BCUT2D eigenvalue weighted by atomic mass is 19.1. The van der Waals surface area contributed by atoms with Gasteiger partial charge < -0.3 is 10.2 Å². The van der Waals surface area contributed by atoms with Crippen LogP contribution in [-0.2, 0) is 29.0 Å². The highest BCUT2D eigenvalue weighted by Crippen LogP contribution is 2.19. The number of rotatable bonds is 10. The zero-order valence-electron chi connectivity index (χ0n) is 21.1. The summed E-state index contributed by atoms with van der Waals surface area (Å²) >= 11 is 0. The molecular formula is C30H35FN2O2. The van der Waals surface area contributed by atoms with Crippen LogP contribution >= 0.6 is 0 Å². The van der Waals surface area contributed by atoms with Crippen molar-refractivity contribution in [3.05, 3.63) is 106 Å². The summed E-state index contributed by atoms with van der Waals surface area (Å²) in [6.45, 7) is 8.18. The Morgan fingerprint density at radius 1 is 0.943 bits per heavy atom. The zero-order valence-corrected chi connectivity index (χ0v) is 21.1. The molecule has 0 radical (unpaired) electrons. The van der Waals surface area contributed by atoms with Crippen LogP contribution in [0.3, 0.4) is 0 Å². The summed E-state index contributed by atoms with van der Waals surface area (Å²) in [7, 11) is 0. The van der Waals surface area contributed by atoms with Crippen molar-refractivity contribution in [3.63, 3.8) is 0 Å². The largest absolute Gasteiger partial charge is 0.352 e. The van der Waals surface area contributed by atoms with Gasteiger partial charge in [-0.3, -0.25) is 9.59 Å². The zero-order chi connectivity index (χ0) is 25.4. The van der Waals surface area contributed by atoms with Crippen LogP contribution < -0.4 is 5.32 Å². The van der Waals surface area contributed by atoms with Gasteiger partial charge in [-0.05, 0) is 61.6 Å². The van der Waals surface area contributed by atoms with E-state index >= 15 is 0 Å². The van der Waals surface area contributed by atoms with E-state index in [9.17, 15) is 14.0 Å². The third-order valence-electron chi connectivity index (χ3n) is 6.38. The van der Waals surface area contributed by atoms with E-state index in [-0.39, 0.29) is 36.6 Å². The van der Waals surface area contributed by atoms with E-state index in [2.05, 4.69) is 5.32 Å². The van der Waals surface area contributed by atoms with Gasteiger partial charge in [0.05, 0.1) is 6.42 Å². The Kier molecular flexibility index (Phi) is 9.18. The molecule has 0 fully saturated rings. The van der Waals surface area contributed by atoms with E-state index in [0.29, 0.717) is 6.42 Å². The van der Waals surface area contributed by atoms with Gasteiger partial charge in [0.15, 0.2) is 0 Å². The molecule has 0 aromatic heterocycles. The summed E-state index contributed by atoms with van der Waals surface area (Å²) in [6, 6.07) is 21.2. The second-order valence-electron chi connectivity index (χ2n) is 9.28. The lowest BCUT2D eigenvalue weighted by Gasteiger charge is -2.32. The first-order valence-corrected chi connectivity index (χ1v) is 12.2. The van der Waals surface area contributed by atoms with Gasteiger partial charge in [0.2, 0.25) is 11.8 Å². The molecule has 0 aliphatic carbocycles. The Hall–Kier alpha value is -3.47. The SMILES string of the molecule is CC[C@H](C)NC(=O)[C@H](Cc1ccccc1)N(Cc1ccc(F)cc1)C(=O)Cc1cc(C)ccc1C. The van der Waals surface area contributed by atoms with Crippen molar-refractivity contribution >= 4 is 11.8 Å². The summed E-state index contributed by atoms with van der Waals surface area (Å²) in [5, 5.41) is 3.07.